The van der Waals surface area contributed by atoms with Crippen LogP contribution in [0.4, 0.5) is 0 Å². The fraction of sp³-hybridized carbons (Fsp3) is 1.00. The number of aliphatic hydroxyl groups is 2. The fourth-order valence-electron chi connectivity index (χ4n) is 2.45. The van der Waals surface area contributed by atoms with Gasteiger partial charge in [0.2, 0.25) is 0 Å². The summed E-state index contributed by atoms with van der Waals surface area (Å²) in [5.41, 5.74) is 0. The largest absolute Gasteiger partial charge is 0.397 e. The number of hydrogen-bond acceptors (Lipinski definition) is 7. The highest BCUT2D eigenvalue weighted by atomic mass is 32.3. The average molecular weight is 430 g/mol. The number of aliphatic hydroxyl groups excluding tert-OH is 2. The number of likely N-dealkylation sites (N-methyl/N-ethyl adjacent to an activating group) is 1. The van der Waals surface area contributed by atoms with Gasteiger partial charge in [-0.15, -0.1) is 0 Å². The summed E-state index contributed by atoms with van der Waals surface area (Å²) in [6.07, 6.45) is 12.1. The number of rotatable bonds is 17. The molecule has 2 unspecified atom stereocenters. The summed E-state index contributed by atoms with van der Waals surface area (Å²) in [4.78, 5) is 1.70. The second-order valence-corrected chi connectivity index (χ2v) is 8.27. The Morgan fingerprint density at radius 2 is 1.36 bits per heavy atom. The van der Waals surface area contributed by atoms with Gasteiger partial charge in [-0.2, -0.15) is 8.42 Å². The van der Waals surface area contributed by atoms with E-state index in [2.05, 4.69) is 11.1 Å². The van der Waals surface area contributed by atoms with Crippen LogP contribution < -0.4 is 0 Å². The summed E-state index contributed by atoms with van der Waals surface area (Å²) in [5.74, 6) is 0. The van der Waals surface area contributed by atoms with E-state index in [9.17, 15) is 18.6 Å². The highest BCUT2D eigenvalue weighted by Gasteiger charge is 2.11. The molecule has 0 aromatic carbocycles. The van der Waals surface area contributed by atoms with E-state index in [0.717, 1.165) is 20.1 Å². The zero-order valence-electron chi connectivity index (χ0n) is 18.2. The molecule has 0 radical (unpaired) electrons. The van der Waals surface area contributed by atoms with E-state index in [0.29, 0.717) is 13.2 Å². The molecule has 172 valence electrons. The Balaban J connectivity index is 0. The Morgan fingerprint density at radius 1 is 0.929 bits per heavy atom. The van der Waals surface area contributed by atoms with Crippen molar-refractivity contribution < 1.29 is 32.1 Å². The van der Waals surface area contributed by atoms with Crippen LogP contribution in [0.1, 0.15) is 78.1 Å². The molecule has 0 rings (SSSR count). The first-order valence-corrected chi connectivity index (χ1v) is 11.7. The van der Waals surface area contributed by atoms with Gasteiger partial charge in [-0.3, -0.25) is 13.6 Å². The number of unbranched alkanes of at least 4 members (excludes halogenated alkanes) is 9. The molecule has 0 aromatic heterocycles. The zero-order chi connectivity index (χ0) is 21.8. The number of nitrogens with zero attached hydrogens (tertiary/aromatic N) is 1. The predicted molar refractivity (Wildman–Crippen MR) is 112 cm³/mol. The van der Waals surface area contributed by atoms with Gasteiger partial charge in [0.15, 0.2) is 0 Å². The van der Waals surface area contributed by atoms with Gasteiger partial charge in [0.25, 0.3) is 0 Å². The monoisotopic (exact) mass is 429 g/mol. The van der Waals surface area contributed by atoms with Crippen LogP contribution in [0.3, 0.4) is 0 Å². The lowest BCUT2D eigenvalue weighted by molar-refractivity contribution is -0.0232. The highest BCUT2D eigenvalue weighted by molar-refractivity contribution is 7.80. The lowest BCUT2D eigenvalue weighted by atomic mass is 10.1. The lowest BCUT2D eigenvalue weighted by Crippen LogP contribution is -2.37. The molecule has 0 amide bonds. The van der Waals surface area contributed by atoms with Crippen LogP contribution in [-0.2, 0) is 19.3 Å². The van der Waals surface area contributed by atoms with Crippen LogP contribution >= 0.6 is 0 Å². The minimum atomic E-state index is -4.16. The molecule has 0 spiro atoms. The molecule has 0 fully saturated rings. The summed E-state index contributed by atoms with van der Waals surface area (Å²) in [6, 6.07) is 0. The highest BCUT2D eigenvalue weighted by Crippen LogP contribution is 2.10. The zero-order valence-corrected chi connectivity index (χ0v) is 19.0. The normalized spacial score (nSPS) is 13.9. The SMILES string of the molecule is CCCCCCCCCCCCOCC(O)CN(C)C(C)O.COS(=O)(=O)O. The van der Waals surface area contributed by atoms with Crippen LogP contribution in [0.5, 0.6) is 0 Å². The van der Waals surface area contributed by atoms with Crippen molar-refractivity contribution in [3.63, 3.8) is 0 Å². The maximum absolute atomic E-state index is 9.75. The Kier molecular flexibility index (Phi) is 21.4. The summed E-state index contributed by atoms with van der Waals surface area (Å²) >= 11 is 0. The summed E-state index contributed by atoms with van der Waals surface area (Å²) in [5, 5.41) is 19.1. The third kappa shape index (κ3) is 25.7. The van der Waals surface area contributed by atoms with Crippen LogP contribution in [0.2, 0.25) is 0 Å². The average Bonchev–Trinajstić information content (AvgIpc) is 2.62. The molecule has 0 bridgehead atoms. The molecule has 0 aliphatic heterocycles. The molecular weight excluding hydrogens is 386 g/mol. The Labute approximate surface area is 172 Å². The van der Waals surface area contributed by atoms with Crippen molar-refractivity contribution in [1.82, 2.24) is 4.90 Å². The molecule has 0 heterocycles. The van der Waals surface area contributed by atoms with Crippen molar-refractivity contribution >= 4 is 10.4 Å². The third-order valence-corrected chi connectivity index (χ3v) is 4.72. The third-order valence-electron chi connectivity index (χ3n) is 4.30. The molecule has 0 saturated carbocycles. The quantitative estimate of drug-likeness (QED) is 0.184. The molecule has 0 aliphatic carbocycles. The van der Waals surface area contributed by atoms with Gasteiger partial charge in [-0.05, 0) is 20.4 Å². The Bertz CT molecular complexity index is 419. The molecule has 28 heavy (non-hydrogen) atoms. The van der Waals surface area contributed by atoms with Gasteiger partial charge >= 0.3 is 10.4 Å². The fourth-order valence-corrected chi connectivity index (χ4v) is 2.45. The second-order valence-electron chi connectivity index (χ2n) is 7.08. The number of ether oxygens (including phenoxy) is 1. The van der Waals surface area contributed by atoms with E-state index in [1.165, 1.54) is 57.8 Å². The van der Waals surface area contributed by atoms with E-state index in [4.69, 9.17) is 9.29 Å². The van der Waals surface area contributed by atoms with Crippen LogP contribution in [0.15, 0.2) is 0 Å². The van der Waals surface area contributed by atoms with E-state index >= 15 is 0 Å². The lowest BCUT2D eigenvalue weighted by Gasteiger charge is -2.22. The van der Waals surface area contributed by atoms with Crippen molar-refractivity contribution in [2.24, 2.45) is 0 Å². The van der Waals surface area contributed by atoms with Gasteiger partial charge in [0.1, 0.15) is 6.23 Å². The minimum Gasteiger partial charge on any atom is -0.389 e. The Hall–Kier alpha value is -0.290. The first-order chi connectivity index (χ1) is 13.1. The van der Waals surface area contributed by atoms with Crippen molar-refractivity contribution in [3.05, 3.63) is 0 Å². The van der Waals surface area contributed by atoms with Crippen LogP contribution in [0, 0.1) is 0 Å². The van der Waals surface area contributed by atoms with Gasteiger partial charge in [-0.25, -0.2) is 0 Å². The molecule has 8 nitrogen and oxygen atoms in total. The molecule has 2 atom stereocenters. The molecule has 0 aliphatic rings. The summed E-state index contributed by atoms with van der Waals surface area (Å²) in [6.45, 7) is 5.47. The molecule has 0 aromatic rings. The van der Waals surface area contributed by atoms with Crippen LogP contribution in [0.25, 0.3) is 0 Å². The van der Waals surface area contributed by atoms with E-state index < -0.39 is 22.7 Å². The standard InChI is InChI=1S/C18H39NO3.CH4O4S/c1-4-5-6-7-8-9-10-11-12-13-14-22-16-18(21)15-19(3)17(2)20;1-5-6(2,3)4/h17-18,20-21H,4-16H2,1-3H3;1H3,(H,2,3,4). The second kappa shape index (κ2) is 20.0. The van der Waals surface area contributed by atoms with E-state index in [1.807, 2.05) is 0 Å². The Morgan fingerprint density at radius 3 is 1.75 bits per heavy atom. The van der Waals surface area contributed by atoms with E-state index in [1.54, 1.807) is 18.9 Å². The smallest absolute Gasteiger partial charge is 0.389 e. The summed E-state index contributed by atoms with van der Waals surface area (Å²) < 4.78 is 35.2. The summed E-state index contributed by atoms with van der Waals surface area (Å²) in [7, 11) is -1.50. The van der Waals surface area contributed by atoms with Crippen molar-refractivity contribution in [3.8, 4) is 0 Å². The predicted octanol–water partition coefficient (Wildman–Crippen LogP) is 2.99. The van der Waals surface area contributed by atoms with Crippen molar-refractivity contribution in [2.45, 2.75) is 90.4 Å². The molecule has 9 heteroatoms. The maximum Gasteiger partial charge on any atom is 0.397 e. The minimum absolute atomic E-state index is 0.356. The molecule has 0 saturated heterocycles. The van der Waals surface area contributed by atoms with Gasteiger partial charge in [0.05, 0.1) is 19.8 Å². The van der Waals surface area contributed by atoms with Gasteiger partial charge < -0.3 is 14.9 Å². The van der Waals surface area contributed by atoms with Crippen molar-refractivity contribution in [2.75, 3.05) is 33.9 Å². The first kappa shape index (κ1) is 29.9. The molecular formula is C19H43NO7S. The maximum atomic E-state index is 9.75. The van der Waals surface area contributed by atoms with Crippen LogP contribution in [-0.4, -0.2) is 74.3 Å². The van der Waals surface area contributed by atoms with Gasteiger partial charge in [-0.1, -0.05) is 64.7 Å². The first-order valence-electron chi connectivity index (χ1n) is 10.3. The van der Waals surface area contributed by atoms with Gasteiger partial charge in [0, 0.05) is 13.2 Å². The van der Waals surface area contributed by atoms with Crippen molar-refractivity contribution in [1.29, 1.82) is 0 Å². The molecule has 3 N–H and O–H groups in total. The topological polar surface area (TPSA) is 117 Å². The van der Waals surface area contributed by atoms with E-state index in [-0.39, 0.29) is 0 Å². The number of hydrogen-bond donors (Lipinski definition) is 3.